The van der Waals surface area contributed by atoms with E-state index in [2.05, 4.69) is 15.0 Å². The molecule has 0 saturated heterocycles. The van der Waals surface area contributed by atoms with Crippen molar-refractivity contribution in [2.75, 3.05) is 11.5 Å². The van der Waals surface area contributed by atoms with Gasteiger partial charge in [-0.2, -0.15) is 0 Å². The number of nitrogens with one attached hydrogen (secondary N) is 1. The van der Waals surface area contributed by atoms with Gasteiger partial charge in [-0.05, 0) is 18.2 Å². The van der Waals surface area contributed by atoms with Crippen LogP contribution in [0.5, 0.6) is 0 Å². The van der Waals surface area contributed by atoms with Crippen molar-refractivity contribution in [3.05, 3.63) is 36.4 Å². The van der Waals surface area contributed by atoms with Crippen molar-refractivity contribution in [2.45, 2.75) is 11.6 Å². The van der Waals surface area contributed by atoms with Crippen molar-refractivity contribution < 1.29 is 4.21 Å². The van der Waals surface area contributed by atoms with Gasteiger partial charge in [-0.15, -0.1) is 0 Å². The second-order valence-corrected chi connectivity index (χ2v) is 6.06. The van der Waals surface area contributed by atoms with Crippen LogP contribution in [0.1, 0.15) is 5.82 Å². The number of H-pyrrole nitrogens is 1. The first-order valence-electron chi connectivity index (χ1n) is 6.23. The van der Waals surface area contributed by atoms with E-state index in [0.717, 1.165) is 16.9 Å². The van der Waals surface area contributed by atoms with Crippen LogP contribution >= 0.6 is 0 Å². The Balaban J connectivity index is 1.77. The number of anilines is 1. The number of nitrogen functional groups attached to an aromatic ring is 1. The molecular weight excluding hydrogens is 274 g/mol. The molecule has 0 aliphatic rings. The van der Waals surface area contributed by atoms with Crippen molar-refractivity contribution in [2.24, 2.45) is 7.05 Å². The monoisotopic (exact) mass is 289 g/mol. The van der Waals surface area contributed by atoms with Crippen molar-refractivity contribution in [3.8, 4) is 0 Å². The van der Waals surface area contributed by atoms with Gasteiger partial charge in [0.2, 0.25) is 0 Å². The zero-order valence-corrected chi connectivity index (χ0v) is 11.9. The average molecular weight is 289 g/mol. The maximum absolute atomic E-state index is 12.3. The van der Waals surface area contributed by atoms with Crippen LogP contribution in [-0.2, 0) is 24.3 Å². The Morgan fingerprint density at radius 2 is 2.30 bits per heavy atom. The first-order valence-corrected chi connectivity index (χ1v) is 7.55. The lowest BCUT2D eigenvalue weighted by molar-refractivity contribution is 0.675. The summed E-state index contributed by atoms with van der Waals surface area (Å²) in [6.45, 7) is 0. The van der Waals surface area contributed by atoms with Crippen LogP contribution in [0, 0.1) is 0 Å². The Bertz CT molecular complexity index is 776. The number of nitrogens with zero attached hydrogens (tertiary/aromatic N) is 3. The minimum atomic E-state index is -1.18. The molecule has 0 radical (unpaired) electrons. The Labute approximate surface area is 118 Å². The van der Waals surface area contributed by atoms with Crippen LogP contribution in [0.3, 0.4) is 0 Å². The molecule has 3 rings (SSSR count). The summed E-state index contributed by atoms with van der Waals surface area (Å²) in [6, 6.07) is 5.40. The highest BCUT2D eigenvalue weighted by Gasteiger charge is 2.11. The highest BCUT2D eigenvalue weighted by Crippen LogP contribution is 2.16. The number of hydrogen-bond acceptors (Lipinski definition) is 4. The van der Waals surface area contributed by atoms with Crippen LogP contribution in [-0.4, -0.2) is 29.5 Å². The van der Waals surface area contributed by atoms with Gasteiger partial charge in [-0.1, -0.05) is 0 Å². The zero-order valence-electron chi connectivity index (χ0n) is 11.0. The highest BCUT2D eigenvalue weighted by atomic mass is 32.2. The molecule has 3 aromatic rings. The minimum absolute atomic E-state index is 0.486. The Hall–Kier alpha value is -2.15. The van der Waals surface area contributed by atoms with Crippen LogP contribution in [0.2, 0.25) is 0 Å². The summed E-state index contributed by atoms with van der Waals surface area (Å²) in [5.41, 5.74) is 7.96. The Kier molecular flexibility index (Phi) is 3.27. The van der Waals surface area contributed by atoms with Gasteiger partial charge in [0.05, 0.1) is 21.8 Å². The number of imidazole rings is 2. The van der Waals surface area contributed by atoms with Gasteiger partial charge in [-0.3, -0.25) is 4.21 Å². The van der Waals surface area contributed by atoms with Gasteiger partial charge < -0.3 is 15.3 Å². The predicted molar refractivity (Wildman–Crippen MR) is 78.7 cm³/mol. The van der Waals surface area contributed by atoms with Gasteiger partial charge in [0, 0.05) is 37.3 Å². The molecule has 1 atom stereocenters. The molecule has 6 nitrogen and oxygen atoms in total. The Morgan fingerprint density at radius 1 is 1.45 bits per heavy atom. The number of fused-ring (bicyclic) bond motifs is 1. The molecule has 2 heterocycles. The highest BCUT2D eigenvalue weighted by molar-refractivity contribution is 7.84. The molecule has 1 unspecified atom stereocenters. The van der Waals surface area contributed by atoms with E-state index < -0.39 is 10.8 Å². The number of nitrogens with two attached hydrogens (primary N) is 1. The predicted octanol–water partition coefficient (Wildman–Crippen LogP) is 1.23. The normalized spacial score (nSPS) is 12.8. The fourth-order valence-corrected chi connectivity index (χ4v) is 3.01. The van der Waals surface area contributed by atoms with E-state index in [1.165, 1.54) is 0 Å². The van der Waals surface area contributed by atoms with Gasteiger partial charge in [0.15, 0.2) is 5.16 Å². The fourth-order valence-electron chi connectivity index (χ4n) is 2.03. The molecule has 0 saturated carbocycles. The summed E-state index contributed by atoms with van der Waals surface area (Å²) in [6.07, 6.45) is 4.26. The fraction of sp³-hybridized carbons (Fsp3) is 0.231. The zero-order chi connectivity index (χ0) is 14.1. The van der Waals surface area contributed by atoms with Gasteiger partial charge in [0.25, 0.3) is 0 Å². The van der Waals surface area contributed by atoms with Gasteiger partial charge >= 0.3 is 0 Å². The maximum atomic E-state index is 12.3. The third-order valence-corrected chi connectivity index (χ3v) is 4.33. The third kappa shape index (κ3) is 2.44. The number of aryl methyl sites for hydroxylation is 2. The van der Waals surface area contributed by atoms with E-state index >= 15 is 0 Å². The molecule has 0 spiro atoms. The largest absolute Gasteiger partial charge is 0.399 e. The average Bonchev–Trinajstić information content (AvgIpc) is 3.01. The topological polar surface area (TPSA) is 89.6 Å². The standard InChI is InChI=1S/C13H15N5OS/c1-18-6-5-15-12(18)4-7-20(19)13-16-10-3-2-9(14)8-11(10)17-13/h2-3,5-6,8H,4,7,14H2,1H3,(H,16,17). The van der Waals surface area contributed by atoms with Crippen LogP contribution in [0.25, 0.3) is 11.0 Å². The number of aromatic amines is 1. The maximum Gasteiger partial charge on any atom is 0.197 e. The van der Waals surface area contributed by atoms with E-state index in [0.29, 0.717) is 23.0 Å². The summed E-state index contributed by atoms with van der Waals surface area (Å²) in [7, 11) is 0.749. The van der Waals surface area contributed by atoms with Gasteiger partial charge in [-0.25, -0.2) is 9.97 Å². The minimum Gasteiger partial charge on any atom is -0.399 e. The molecule has 3 N–H and O–H groups in total. The lowest BCUT2D eigenvalue weighted by atomic mass is 10.3. The van der Waals surface area contributed by atoms with Gasteiger partial charge in [0.1, 0.15) is 5.82 Å². The summed E-state index contributed by atoms with van der Waals surface area (Å²) in [5, 5.41) is 0.486. The van der Waals surface area contributed by atoms with E-state index in [4.69, 9.17) is 5.73 Å². The Morgan fingerprint density at radius 3 is 3.05 bits per heavy atom. The molecule has 20 heavy (non-hydrogen) atoms. The molecule has 7 heteroatoms. The molecule has 1 aromatic carbocycles. The SMILES string of the molecule is Cn1ccnc1CCS(=O)c1nc2ccc(N)cc2[nH]1. The second kappa shape index (κ2) is 5.09. The van der Waals surface area contributed by atoms with Crippen LogP contribution in [0.15, 0.2) is 35.7 Å². The van der Waals surface area contributed by atoms with Crippen molar-refractivity contribution in [1.82, 2.24) is 19.5 Å². The van der Waals surface area contributed by atoms with Crippen molar-refractivity contribution >= 4 is 27.5 Å². The smallest absolute Gasteiger partial charge is 0.197 e. The molecule has 0 aliphatic heterocycles. The summed E-state index contributed by atoms with van der Waals surface area (Å²) >= 11 is 0. The molecular formula is C13H15N5OS. The van der Waals surface area contributed by atoms with E-state index in [1.807, 2.05) is 23.9 Å². The summed E-state index contributed by atoms with van der Waals surface area (Å²) in [4.78, 5) is 11.6. The molecule has 0 amide bonds. The molecule has 0 aliphatic carbocycles. The first kappa shape index (κ1) is 12.9. The van der Waals surface area contributed by atoms with Crippen LogP contribution in [0.4, 0.5) is 5.69 Å². The third-order valence-electron chi connectivity index (χ3n) is 3.13. The van der Waals surface area contributed by atoms with E-state index in [1.54, 1.807) is 18.3 Å². The summed E-state index contributed by atoms with van der Waals surface area (Å²) < 4.78 is 14.2. The van der Waals surface area contributed by atoms with E-state index in [-0.39, 0.29) is 0 Å². The number of hydrogen-bond donors (Lipinski definition) is 2. The molecule has 104 valence electrons. The van der Waals surface area contributed by atoms with E-state index in [9.17, 15) is 4.21 Å². The summed E-state index contributed by atoms with van der Waals surface area (Å²) in [5.74, 6) is 1.40. The number of rotatable bonds is 4. The molecule has 2 aromatic heterocycles. The molecule has 0 bridgehead atoms. The van der Waals surface area contributed by atoms with Crippen molar-refractivity contribution in [1.29, 1.82) is 0 Å². The first-order chi connectivity index (χ1) is 9.63. The molecule has 0 fully saturated rings. The van der Waals surface area contributed by atoms with Crippen molar-refractivity contribution in [3.63, 3.8) is 0 Å². The lowest BCUT2D eigenvalue weighted by Crippen LogP contribution is -2.07. The number of benzene rings is 1. The number of aromatic nitrogens is 4. The quantitative estimate of drug-likeness (QED) is 0.707. The second-order valence-electron chi connectivity index (χ2n) is 4.57. The van der Waals surface area contributed by atoms with Crippen LogP contribution < -0.4 is 5.73 Å². The lowest BCUT2D eigenvalue weighted by Gasteiger charge is -2.00.